The molecule has 0 saturated heterocycles. The van der Waals surface area contributed by atoms with Crippen molar-refractivity contribution in [2.75, 3.05) is 5.73 Å². The Kier molecular flexibility index (Phi) is 3.52. The second-order valence-electron chi connectivity index (χ2n) is 3.99. The van der Waals surface area contributed by atoms with E-state index >= 15 is 0 Å². The molecule has 1 aromatic heterocycles. The lowest BCUT2D eigenvalue weighted by Gasteiger charge is -2.14. The number of rotatable bonds is 3. The summed E-state index contributed by atoms with van der Waals surface area (Å²) in [6.45, 7) is 1.91. The molecule has 5 heteroatoms. The van der Waals surface area contributed by atoms with Crippen molar-refractivity contribution >= 4 is 11.6 Å². The van der Waals surface area contributed by atoms with Gasteiger partial charge < -0.3 is 11.1 Å². The molecule has 3 N–H and O–H groups in total. The first-order valence-electron chi connectivity index (χ1n) is 5.58. The maximum Gasteiger partial charge on any atom is 0.254 e. The van der Waals surface area contributed by atoms with E-state index in [4.69, 9.17) is 5.73 Å². The molecule has 0 fully saturated rings. The molecule has 1 heterocycles. The lowest BCUT2D eigenvalue weighted by molar-refractivity contribution is 0.0939. The first-order valence-corrected chi connectivity index (χ1v) is 5.58. The summed E-state index contributed by atoms with van der Waals surface area (Å²) < 4.78 is 0. The average molecular weight is 242 g/mol. The Morgan fingerprint density at radius 1 is 1.22 bits per heavy atom. The van der Waals surface area contributed by atoms with Crippen molar-refractivity contribution in [1.82, 2.24) is 15.3 Å². The van der Waals surface area contributed by atoms with E-state index in [0.29, 0.717) is 11.3 Å². The van der Waals surface area contributed by atoms with Crippen molar-refractivity contribution in [3.63, 3.8) is 0 Å². The molecule has 0 saturated carbocycles. The van der Waals surface area contributed by atoms with Crippen LogP contribution in [0.1, 0.15) is 28.9 Å². The molecule has 2 rings (SSSR count). The fourth-order valence-corrected chi connectivity index (χ4v) is 1.56. The van der Waals surface area contributed by atoms with E-state index in [9.17, 15) is 4.79 Å². The van der Waals surface area contributed by atoms with Crippen LogP contribution in [0.15, 0.2) is 43.0 Å². The van der Waals surface area contributed by atoms with Crippen molar-refractivity contribution in [2.45, 2.75) is 13.0 Å². The Morgan fingerprint density at radius 2 is 1.83 bits per heavy atom. The number of aromatic nitrogens is 2. The van der Waals surface area contributed by atoms with Crippen LogP contribution in [0.2, 0.25) is 0 Å². The zero-order valence-electron chi connectivity index (χ0n) is 10.00. The minimum atomic E-state index is -0.195. The summed E-state index contributed by atoms with van der Waals surface area (Å²) >= 11 is 0. The van der Waals surface area contributed by atoms with Gasteiger partial charge in [-0.05, 0) is 24.6 Å². The normalized spacial score (nSPS) is 11.8. The van der Waals surface area contributed by atoms with Gasteiger partial charge in [0.1, 0.15) is 6.33 Å². The van der Waals surface area contributed by atoms with Gasteiger partial charge in [-0.15, -0.1) is 0 Å². The molecule has 1 aromatic carbocycles. The summed E-state index contributed by atoms with van der Waals surface area (Å²) in [5.41, 5.74) is 7.76. The van der Waals surface area contributed by atoms with Gasteiger partial charge in [0.15, 0.2) is 0 Å². The second-order valence-corrected chi connectivity index (χ2v) is 3.99. The molecule has 2 aromatic rings. The predicted molar refractivity (Wildman–Crippen MR) is 68.8 cm³/mol. The van der Waals surface area contributed by atoms with Crippen molar-refractivity contribution in [3.8, 4) is 0 Å². The van der Waals surface area contributed by atoms with Gasteiger partial charge in [0.25, 0.3) is 5.91 Å². The molecule has 0 aliphatic rings. The predicted octanol–water partition coefficient (Wildman–Crippen LogP) is 1.55. The standard InChI is InChI=1S/C13H14N4O/c1-9(10-2-4-12(14)5-3-10)17-13(18)11-6-15-8-16-7-11/h2-9H,14H2,1H3,(H,17,18). The topological polar surface area (TPSA) is 80.9 Å². The number of nitrogens with zero attached hydrogens (tertiary/aromatic N) is 2. The van der Waals surface area contributed by atoms with Crippen LogP contribution >= 0.6 is 0 Å². The SMILES string of the molecule is CC(NC(=O)c1cncnc1)c1ccc(N)cc1. The zero-order chi connectivity index (χ0) is 13.0. The molecule has 1 atom stereocenters. The highest BCUT2D eigenvalue weighted by Crippen LogP contribution is 2.14. The number of benzene rings is 1. The first kappa shape index (κ1) is 12.0. The summed E-state index contributed by atoms with van der Waals surface area (Å²) in [4.78, 5) is 19.5. The summed E-state index contributed by atoms with van der Waals surface area (Å²) in [5.74, 6) is -0.195. The molecule has 0 bridgehead atoms. The maximum atomic E-state index is 11.9. The lowest BCUT2D eigenvalue weighted by Crippen LogP contribution is -2.26. The fraction of sp³-hybridized carbons (Fsp3) is 0.154. The monoisotopic (exact) mass is 242 g/mol. The van der Waals surface area contributed by atoms with Crippen molar-refractivity contribution in [3.05, 3.63) is 54.1 Å². The molecule has 5 nitrogen and oxygen atoms in total. The number of carbonyl (C=O) groups is 1. The molecular formula is C13H14N4O. The lowest BCUT2D eigenvalue weighted by atomic mass is 10.1. The Balaban J connectivity index is 2.06. The molecule has 1 amide bonds. The van der Waals surface area contributed by atoms with Gasteiger partial charge in [-0.2, -0.15) is 0 Å². The summed E-state index contributed by atoms with van der Waals surface area (Å²) in [6, 6.07) is 7.30. The number of nitrogens with two attached hydrogens (primary N) is 1. The zero-order valence-corrected chi connectivity index (χ0v) is 10.00. The fourth-order valence-electron chi connectivity index (χ4n) is 1.56. The summed E-state index contributed by atoms with van der Waals surface area (Å²) in [7, 11) is 0. The Hall–Kier alpha value is -2.43. The third-order valence-corrected chi connectivity index (χ3v) is 2.61. The van der Waals surface area contributed by atoms with Gasteiger partial charge in [-0.3, -0.25) is 4.79 Å². The van der Waals surface area contributed by atoms with Crippen LogP contribution in [0.25, 0.3) is 0 Å². The number of anilines is 1. The van der Waals surface area contributed by atoms with E-state index in [-0.39, 0.29) is 11.9 Å². The van der Waals surface area contributed by atoms with Crippen LogP contribution in [-0.2, 0) is 0 Å². The van der Waals surface area contributed by atoms with Crippen LogP contribution in [0.4, 0.5) is 5.69 Å². The van der Waals surface area contributed by atoms with Crippen LogP contribution in [0.3, 0.4) is 0 Å². The highest BCUT2D eigenvalue weighted by molar-refractivity contribution is 5.93. The number of nitrogen functional groups attached to an aromatic ring is 1. The van der Waals surface area contributed by atoms with Crippen molar-refractivity contribution in [2.24, 2.45) is 0 Å². The van der Waals surface area contributed by atoms with E-state index in [2.05, 4.69) is 15.3 Å². The van der Waals surface area contributed by atoms with Crippen LogP contribution in [-0.4, -0.2) is 15.9 Å². The molecule has 0 aliphatic heterocycles. The van der Waals surface area contributed by atoms with E-state index in [1.807, 2.05) is 31.2 Å². The summed E-state index contributed by atoms with van der Waals surface area (Å²) in [6.07, 6.45) is 4.36. The molecule has 0 radical (unpaired) electrons. The molecule has 92 valence electrons. The molecular weight excluding hydrogens is 228 g/mol. The van der Waals surface area contributed by atoms with Crippen LogP contribution in [0.5, 0.6) is 0 Å². The minimum Gasteiger partial charge on any atom is -0.399 e. The average Bonchev–Trinajstić information content (AvgIpc) is 2.40. The van der Waals surface area contributed by atoms with Crippen LogP contribution in [0, 0.1) is 0 Å². The van der Waals surface area contributed by atoms with Gasteiger partial charge in [0, 0.05) is 18.1 Å². The minimum absolute atomic E-state index is 0.0988. The van der Waals surface area contributed by atoms with Crippen molar-refractivity contribution in [1.29, 1.82) is 0 Å². The van der Waals surface area contributed by atoms with E-state index < -0.39 is 0 Å². The Labute approximate surface area is 105 Å². The third-order valence-electron chi connectivity index (χ3n) is 2.61. The summed E-state index contributed by atoms with van der Waals surface area (Å²) in [5, 5.41) is 2.87. The number of nitrogens with one attached hydrogen (secondary N) is 1. The van der Waals surface area contributed by atoms with E-state index in [1.165, 1.54) is 18.7 Å². The highest BCUT2D eigenvalue weighted by Gasteiger charge is 2.11. The second kappa shape index (κ2) is 5.27. The van der Waals surface area contributed by atoms with Gasteiger partial charge in [-0.1, -0.05) is 12.1 Å². The maximum absolute atomic E-state index is 11.9. The largest absolute Gasteiger partial charge is 0.399 e. The van der Waals surface area contributed by atoms with Gasteiger partial charge in [0.2, 0.25) is 0 Å². The Morgan fingerprint density at radius 3 is 2.44 bits per heavy atom. The van der Waals surface area contributed by atoms with Crippen LogP contribution < -0.4 is 11.1 Å². The molecule has 1 unspecified atom stereocenters. The van der Waals surface area contributed by atoms with E-state index in [0.717, 1.165) is 5.56 Å². The highest BCUT2D eigenvalue weighted by atomic mass is 16.1. The third kappa shape index (κ3) is 2.82. The number of amides is 1. The number of carbonyl (C=O) groups excluding carboxylic acids is 1. The molecule has 0 spiro atoms. The first-order chi connectivity index (χ1) is 8.66. The van der Waals surface area contributed by atoms with Gasteiger partial charge in [-0.25, -0.2) is 9.97 Å². The number of hydrogen-bond acceptors (Lipinski definition) is 4. The molecule has 0 aliphatic carbocycles. The smallest absolute Gasteiger partial charge is 0.254 e. The van der Waals surface area contributed by atoms with Gasteiger partial charge >= 0.3 is 0 Å². The number of hydrogen-bond donors (Lipinski definition) is 2. The quantitative estimate of drug-likeness (QED) is 0.800. The molecule has 18 heavy (non-hydrogen) atoms. The Bertz CT molecular complexity index is 524. The van der Waals surface area contributed by atoms with E-state index in [1.54, 1.807) is 0 Å². The van der Waals surface area contributed by atoms with Crippen molar-refractivity contribution < 1.29 is 4.79 Å². The van der Waals surface area contributed by atoms with Gasteiger partial charge in [0.05, 0.1) is 11.6 Å².